The van der Waals surface area contributed by atoms with Crippen LogP contribution in [0.15, 0.2) is 0 Å². The molecule has 56 valence electrons. The monoisotopic (exact) mass is 130 g/mol. The van der Waals surface area contributed by atoms with Crippen molar-refractivity contribution in [1.82, 2.24) is 0 Å². The van der Waals surface area contributed by atoms with E-state index >= 15 is 0 Å². The van der Waals surface area contributed by atoms with Crippen LogP contribution >= 0.6 is 0 Å². The van der Waals surface area contributed by atoms with Crippen LogP contribution in [-0.4, -0.2) is 11.7 Å². The molecule has 0 rings (SSSR count). The average molecular weight is 130 g/mol. The molecular formula is C8H18O. The highest BCUT2D eigenvalue weighted by atomic mass is 16.5. The van der Waals surface area contributed by atoms with Crippen molar-refractivity contribution in [3.63, 3.8) is 0 Å². The van der Waals surface area contributed by atoms with Gasteiger partial charge in [0.25, 0.3) is 0 Å². The van der Waals surface area contributed by atoms with E-state index in [-0.39, 0.29) is 5.60 Å². The Bertz CT molecular complexity index is 71.1. The van der Waals surface area contributed by atoms with Gasteiger partial charge in [0, 0.05) is 0 Å². The Hall–Kier alpha value is -0.0400. The Kier molecular flexibility index (Phi) is 3.20. The Morgan fingerprint density at radius 3 is 1.89 bits per heavy atom. The SMILES string of the molecule is CC[C@H](C)OC(C)(C)C. The molecule has 0 N–H and O–H groups in total. The molecule has 0 amide bonds. The molecule has 1 heteroatoms. The highest BCUT2D eigenvalue weighted by Gasteiger charge is 2.12. The zero-order valence-electron chi connectivity index (χ0n) is 7.19. The maximum atomic E-state index is 5.59. The second kappa shape index (κ2) is 3.21. The van der Waals surface area contributed by atoms with Crippen LogP contribution in [0.3, 0.4) is 0 Å². The predicted octanol–water partition coefficient (Wildman–Crippen LogP) is 2.60. The van der Waals surface area contributed by atoms with Crippen molar-refractivity contribution >= 4 is 0 Å². The molecule has 0 aromatic carbocycles. The minimum Gasteiger partial charge on any atom is -0.373 e. The molecule has 1 atom stereocenters. The van der Waals surface area contributed by atoms with Gasteiger partial charge < -0.3 is 4.74 Å². The first-order valence-electron chi connectivity index (χ1n) is 3.63. The van der Waals surface area contributed by atoms with Gasteiger partial charge >= 0.3 is 0 Å². The summed E-state index contributed by atoms with van der Waals surface area (Å²) in [6.07, 6.45) is 1.49. The Balaban J connectivity index is 3.47. The third kappa shape index (κ3) is 5.84. The summed E-state index contributed by atoms with van der Waals surface area (Å²) in [5.74, 6) is 0. The van der Waals surface area contributed by atoms with Crippen molar-refractivity contribution < 1.29 is 4.74 Å². The number of rotatable bonds is 2. The van der Waals surface area contributed by atoms with Gasteiger partial charge in [-0.15, -0.1) is 0 Å². The fraction of sp³-hybridized carbons (Fsp3) is 1.00. The number of hydrogen-bond donors (Lipinski definition) is 0. The van der Waals surface area contributed by atoms with E-state index in [4.69, 9.17) is 4.74 Å². The van der Waals surface area contributed by atoms with E-state index in [9.17, 15) is 0 Å². The Morgan fingerprint density at radius 1 is 1.33 bits per heavy atom. The molecule has 0 aliphatic rings. The first-order valence-corrected chi connectivity index (χ1v) is 3.63. The molecule has 1 nitrogen and oxygen atoms in total. The molecule has 0 saturated heterocycles. The zero-order chi connectivity index (χ0) is 7.49. The lowest BCUT2D eigenvalue weighted by Gasteiger charge is -2.23. The lowest BCUT2D eigenvalue weighted by atomic mass is 10.2. The molecule has 0 unspecified atom stereocenters. The van der Waals surface area contributed by atoms with Gasteiger partial charge in [0.05, 0.1) is 11.7 Å². The van der Waals surface area contributed by atoms with Crippen molar-refractivity contribution in [3.05, 3.63) is 0 Å². The summed E-state index contributed by atoms with van der Waals surface area (Å²) in [5, 5.41) is 0. The van der Waals surface area contributed by atoms with Crippen LogP contribution in [0.5, 0.6) is 0 Å². The quantitative estimate of drug-likeness (QED) is 0.558. The van der Waals surface area contributed by atoms with Gasteiger partial charge in [0.15, 0.2) is 0 Å². The van der Waals surface area contributed by atoms with E-state index in [2.05, 4.69) is 34.6 Å². The largest absolute Gasteiger partial charge is 0.373 e. The van der Waals surface area contributed by atoms with Crippen LogP contribution in [-0.2, 0) is 4.74 Å². The fourth-order valence-corrected chi connectivity index (χ4v) is 0.687. The van der Waals surface area contributed by atoms with Gasteiger partial charge in [-0.05, 0) is 34.1 Å². The minimum absolute atomic E-state index is 0.0232. The maximum absolute atomic E-state index is 5.59. The highest BCUT2D eigenvalue weighted by molar-refractivity contribution is 4.61. The van der Waals surface area contributed by atoms with Crippen molar-refractivity contribution in [2.75, 3.05) is 0 Å². The van der Waals surface area contributed by atoms with Gasteiger partial charge in [-0.25, -0.2) is 0 Å². The van der Waals surface area contributed by atoms with Crippen LogP contribution in [0, 0.1) is 0 Å². The first-order chi connectivity index (χ1) is 3.95. The molecule has 0 heterocycles. The third-order valence-corrected chi connectivity index (χ3v) is 1.13. The van der Waals surface area contributed by atoms with Crippen LogP contribution in [0.1, 0.15) is 41.0 Å². The van der Waals surface area contributed by atoms with Gasteiger partial charge in [-0.3, -0.25) is 0 Å². The standard InChI is InChI=1S/C8H18O/c1-6-7(2)9-8(3,4)5/h7H,6H2,1-5H3/t7-/m0/s1. The van der Waals surface area contributed by atoms with E-state index in [1.54, 1.807) is 0 Å². The summed E-state index contributed by atoms with van der Waals surface area (Å²) < 4.78 is 5.59. The zero-order valence-corrected chi connectivity index (χ0v) is 7.19. The molecule has 0 aromatic rings. The molecule has 0 bridgehead atoms. The summed E-state index contributed by atoms with van der Waals surface area (Å²) in [4.78, 5) is 0. The van der Waals surface area contributed by atoms with Crippen molar-refractivity contribution in [2.45, 2.75) is 52.7 Å². The average Bonchev–Trinajstić information content (AvgIpc) is 1.62. The summed E-state index contributed by atoms with van der Waals surface area (Å²) in [6.45, 7) is 10.5. The number of ether oxygens (including phenoxy) is 1. The fourth-order valence-electron chi connectivity index (χ4n) is 0.687. The molecule has 0 saturated carbocycles. The Morgan fingerprint density at radius 2 is 1.78 bits per heavy atom. The van der Waals surface area contributed by atoms with Gasteiger partial charge in [0.1, 0.15) is 0 Å². The van der Waals surface area contributed by atoms with E-state index in [1.807, 2.05) is 0 Å². The Labute approximate surface area is 58.4 Å². The molecule has 0 spiro atoms. The molecule has 0 fully saturated rings. The summed E-state index contributed by atoms with van der Waals surface area (Å²) in [6, 6.07) is 0. The topological polar surface area (TPSA) is 9.23 Å². The van der Waals surface area contributed by atoms with Crippen molar-refractivity contribution in [1.29, 1.82) is 0 Å². The van der Waals surface area contributed by atoms with Crippen LogP contribution in [0.25, 0.3) is 0 Å². The molecule has 9 heavy (non-hydrogen) atoms. The first kappa shape index (κ1) is 8.96. The van der Waals surface area contributed by atoms with Crippen molar-refractivity contribution in [2.24, 2.45) is 0 Å². The van der Waals surface area contributed by atoms with E-state index in [0.717, 1.165) is 6.42 Å². The maximum Gasteiger partial charge on any atom is 0.0602 e. The second-order valence-corrected chi connectivity index (χ2v) is 3.45. The van der Waals surface area contributed by atoms with Crippen molar-refractivity contribution in [3.8, 4) is 0 Å². The molecule has 0 aliphatic carbocycles. The van der Waals surface area contributed by atoms with Gasteiger partial charge in [0.2, 0.25) is 0 Å². The molecule has 0 aromatic heterocycles. The molecule has 0 radical (unpaired) electrons. The number of hydrogen-bond acceptors (Lipinski definition) is 1. The highest BCUT2D eigenvalue weighted by Crippen LogP contribution is 2.11. The summed E-state index contributed by atoms with van der Waals surface area (Å²) in [5.41, 5.74) is 0.0232. The molecular weight excluding hydrogens is 112 g/mol. The van der Waals surface area contributed by atoms with E-state index in [0.29, 0.717) is 6.10 Å². The predicted molar refractivity (Wildman–Crippen MR) is 40.6 cm³/mol. The molecule has 0 aliphatic heterocycles. The summed E-state index contributed by atoms with van der Waals surface area (Å²) in [7, 11) is 0. The van der Waals surface area contributed by atoms with Gasteiger partial charge in [-0.1, -0.05) is 6.92 Å². The summed E-state index contributed by atoms with van der Waals surface area (Å²) >= 11 is 0. The van der Waals surface area contributed by atoms with Gasteiger partial charge in [-0.2, -0.15) is 0 Å². The normalized spacial score (nSPS) is 15.7. The lowest BCUT2D eigenvalue weighted by Crippen LogP contribution is -2.24. The van der Waals surface area contributed by atoms with E-state index < -0.39 is 0 Å². The van der Waals surface area contributed by atoms with Crippen LogP contribution in [0.4, 0.5) is 0 Å². The minimum atomic E-state index is 0.0232. The smallest absolute Gasteiger partial charge is 0.0602 e. The lowest BCUT2D eigenvalue weighted by molar-refractivity contribution is -0.0521. The van der Waals surface area contributed by atoms with E-state index in [1.165, 1.54) is 0 Å². The third-order valence-electron chi connectivity index (χ3n) is 1.13. The second-order valence-electron chi connectivity index (χ2n) is 3.45. The van der Waals surface area contributed by atoms with Crippen LogP contribution in [0.2, 0.25) is 0 Å². The van der Waals surface area contributed by atoms with Crippen LogP contribution < -0.4 is 0 Å².